The lowest BCUT2D eigenvalue weighted by Gasteiger charge is -2.28. The number of anilines is 1. The Balaban J connectivity index is 0.000000310. The lowest BCUT2D eigenvalue weighted by Crippen LogP contribution is -2.41. The quantitative estimate of drug-likeness (QED) is 0.232. The monoisotopic (exact) mass is 628 g/mol. The third-order valence-corrected chi connectivity index (χ3v) is 6.97. The van der Waals surface area contributed by atoms with E-state index in [1.165, 1.54) is 23.3 Å². The van der Waals surface area contributed by atoms with E-state index in [1.54, 1.807) is 43.2 Å². The van der Waals surface area contributed by atoms with Crippen LogP contribution in [-0.4, -0.2) is 67.1 Å². The standard InChI is InChI=1S/C17H16N4O2S2.C12H20N2O2.CH4O/c1-24-21-8-7-13(10-21)16(23)18-9-15(22)20-17-19-14(11-25-17)12-5-3-2-4-6-12;1-9-7-8-14(13-9)12(5,6)10(15)16-11(2,3)4;1-2/h2-8,10-11H,9H2,1H3,(H,18,23)(H,19,20,22);7-8H,1-6H3;2H,1H3. The number of rotatable bonds is 8. The molecule has 0 saturated heterocycles. The maximum absolute atomic E-state index is 12.0. The molecular formula is C30H40N6O5S2. The molecule has 3 aromatic heterocycles. The Morgan fingerprint density at radius 3 is 2.26 bits per heavy atom. The molecule has 4 rings (SSSR count). The van der Waals surface area contributed by atoms with Gasteiger partial charge in [-0.3, -0.25) is 18.2 Å². The van der Waals surface area contributed by atoms with Gasteiger partial charge in [0.1, 0.15) is 5.60 Å². The zero-order chi connectivity index (χ0) is 32.2. The van der Waals surface area contributed by atoms with Crippen molar-refractivity contribution in [1.29, 1.82) is 0 Å². The molecule has 0 unspecified atom stereocenters. The minimum atomic E-state index is -0.776. The fourth-order valence-electron chi connectivity index (χ4n) is 3.35. The van der Waals surface area contributed by atoms with Gasteiger partial charge in [0.2, 0.25) is 5.91 Å². The summed E-state index contributed by atoms with van der Waals surface area (Å²) in [5, 5.41) is 18.9. The van der Waals surface area contributed by atoms with E-state index < -0.39 is 11.1 Å². The number of benzene rings is 1. The van der Waals surface area contributed by atoms with E-state index in [0.717, 1.165) is 24.1 Å². The maximum Gasteiger partial charge on any atom is 0.334 e. The van der Waals surface area contributed by atoms with Crippen molar-refractivity contribution in [2.75, 3.05) is 25.2 Å². The number of esters is 1. The Hall–Kier alpha value is -3.94. The van der Waals surface area contributed by atoms with Gasteiger partial charge in [-0.2, -0.15) is 5.10 Å². The number of aliphatic hydroxyl groups is 1. The summed E-state index contributed by atoms with van der Waals surface area (Å²) in [6, 6.07) is 13.3. The Morgan fingerprint density at radius 1 is 1.02 bits per heavy atom. The number of carbonyl (C=O) groups excluding carboxylic acids is 3. The molecule has 0 atom stereocenters. The molecule has 0 aliphatic carbocycles. The highest BCUT2D eigenvalue weighted by Gasteiger charge is 2.35. The Bertz CT molecular complexity index is 1470. The molecule has 1 aromatic carbocycles. The Morgan fingerprint density at radius 2 is 1.70 bits per heavy atom. The van der Waals surface area contributed by atoms with E-state index in [1.807, 2.05) is 79.7 Å². The number of hydrogen-bond acceptors (Lipinski definition) is 9. The van der Waals surface area contributed by atoms with Crippen molar-refractivity contribution in [3.05, 3.63) is 77.7 Å². The predicted molar refractivity (Wildman–Crippen MR) is 172 cm³/mol. The molecule has 3 N–H and O–H groups in total. The Kier molecular flexibility index (Phi) is 13.2. The minimum absolute atomic E-state index is 0.108. The van der Waals surface area contributed by atoms with Gasteiger partial charge in [-0.1, -0.05) is 30.3 Å². The third-order valence-electron chi connectivity index (χ3n) is 5.56. The first-order chi connectivity index (χ1) is 20.3. The summed E-state index contributed by atoms with van der Waals surface area (Å²) in [5.41, 5.74) is 1.95. The van der Waals surface area contributed by atoms with Crippen LogP contribution in [-0.2, 0) is 19.9 Å². The number of nitrogens with one attached hydrogen (secondary N) is 2. The fraction of sp³-hybridized carbons (Fsp3) is 0.367. The van der Waals surface area contributed by atoms with Crippen LogP contribution in [0.15, 0.2) is 66.4 Å². The highest BCUT2D eigenvalue weighted by molar-refractivity contribution is 7.97. The fourth-order valence-corrected chi connectivity index (χ4v) is 4.48. The van der Waals surface area contributed by atoms with Gasteiger partial charge in [0.15, 0.2) is 10.7 Å². The van der Waals surface area contributed by atoms with Crippen LogP contribution in [0.4, 0.5) is 5.13 Å². The van der Waals surface area contributed by atoms with E-state index in [9.17, 15) is 14.4 Å². The molecule has 0 radical (unpaired) electrons. The molecule has 232 valence electrons. The summed E-state index contributed by atoms with van der Waals surface area (Å²) in [4.78, 5) is 40.4. The molecule has 0 fully saturated rings. The number of ether oxygens (including phenoxy) is 1. The summed E-state index contributed by atoms with van der Waals surface area (Å²) in [5.74, 6) is -0.873. The lowest BCUT2D eigenvalue weighted by molar-refractivity contribution is -0.164. The van der Waals surface area contributed by atoms with Crippen LogP contribution in [0, 0.1) is 6.92 Å². The van der Waals surface area contributed by atoms with Crippen LogP contribution >= 0.6 is 23.3 Å². The van der Waals surface area contributed by atoms with E-state index in [4.69, 9.17) is 9.84 Å². The summed E-state index contributed by atoms with van der Waals surface area (Å²) < 4.78 is 8.82. The van der Waals surface area contributed by atoms with Gasteiger partial charge in [0, 0.05) is 42.9 Å². The zero-order valence-corrected chi connectivity index (χ0v) is 27.4. The smallest absolute Gasteiger partial charge is 0.334 e. The molecule has 13 heteroatoms. The van der Waals surface area contributed by atoms with Crippen molar-refractivity contribution < 1.29 is 24.2 Å². The van der Waals surface area contributed by atoms with Gasteiger partial charge in [-0.25, -0.2) is 9.78 Å². The average molecular weight is 629 g/mol. The molecule has 2 amide bonds. The minimum Gasteiger partial charge on any atom is -0.458 e. The summed E-state index contributed by atoms with van der Waals surface area (Å²) in [7, 11) is 1.00. The molecule has 0 spiro atoms. The van der Waals surface area contributed by atoms with E-state index >= 15 is 0 Å². The Labute approximate surface area is 260 Å². The largest absolute Gasteiger partial charge is 0.458 e. The second-order valence-corrected chi connectivity index (χ2v) is 12.2. The topological polar surface area (TPSA) is 140 Å². The predicted octanol–water partition coefficient (Wildman–Crippen LogP) is 4.98. The van der Waals surface area contributed by atoms with Crippen molar-refractivity contribution in [2.24, 2.45) is 0 Å². The van der Waals surface area contributed by atoms with Crippen molar-refractivity contribution in [3.63, 3.8) is 0 Å². The van der Waals surface area contributed by atoms with Gasteiger partial charge in [0.05, 0.1) is 23.5 Å². The highest BCUT2D eigenvalue weighted by Crippen LogP contribution is 2.24. The summed E-state index contributed by atoms with van der Waals surface area (Å²) in [6.07, 6.45) is 7.21. The molecule has 0 aliphatic heterocycles. The van der Waals surface area contributed by atoms with Crippen LogP contribution in [0.25, 0.3) is 11.3 Å². The molecule has 11 nitrogen and oxygen atoms in total. The van der Waals surface area contributed by atoms with Gasteiger partial charge in [0.25, 0.3) is 5.91 Å². The molecule has 43 heavy (non-hydrogen) atoms. The molecular weight excluding hydrogens is 589 g/mol. The van der Waals surface area contributed by atoms with Crippen molar-refractivity contribution in [1.82, 2.24) is 24.1 Å². The maximum atomic E-state index is 12.0. The van der Waals surface area contributed by atoms with E-state index in [-0.39, 0.29) is 24.3 Å². The van der Waals surface area contributed by atoms with Crippen molar-refractivity contribution in [3.8, 4) is 11.3 Å². The van der Waals surface area contributed by atoms with Gasteiger partial charge in [-0.05, 0) is 65.6 Å². The van der Waals surface area contributed by atoms with Crippen LogP contribution in [0.5, 0.6) is 0 Å². The molecule has 0 aliphatic rings. The normalized spacial score (nSPS) is 10.9. The first-order valence-corrected chi connectivity index (χ1v) is 15.4. The van der Waals surface area contributed by atoms with Crippen LogP contribution < -0.4 is 10.6 Å². The second kappa shape index (κ2) is 16.1. The third kappa shape index (κ3) is 11.0. The summed E-state index contributed by atoms with van der Waals surface area (Å²) >= 11 is 2.83. The number of aryl methyl sites for hydroxylation is 1. The van der Waals surface area contributed by atoms with Crippen LogP contribution in [0.2, 0.25) is 0 Å². The number of amides is 2. The van der Waals surface area contributed by atoms with Crippen LogP contribution in [0.3, 0.4) is 0 Å². The molecule has 4 aromatic rings. The molecule has 0 saturated carbocycles. The number of thiazole rings is 1. The van der Waals surface area contributed by atoms with Crippen molar-refractivity contribution >= 4 is 46.2 Å². The van der Waals surface area contributed by atoms with Crippen molar-refractivity contribution in [2.45, 2.75) is 52.7 Å². The first-order valence-electron chi connectivity index (χ1n) is 13.3. The number of aromatic nitrogens is 4. The number of aliphatic hydroxyl groups excluding tert-OH is 1. The number of nitrogens with zero attached hydrogens (tertiary/aromatic N) is 4. The zero-order valence-electron chi connectivity index (χ0n) is 25.7. The SMILES string of the molecule is CO.CSn1ccc(C(=O)NCC(=O)Nc2nc(-c3ccccc3)cs2)c1.Cc1ccn(C(C)(C)C(=O)OC(C)(C)C)n1. The summed E-state index contributed by atoms with van der Waals surface area (Å²) in [6.45, 7) is 11.0. The van der Waals surface area contributed by atoms with Crippen LogP contribution in [0.1, 0.15) is 50.7 Å². The average Bonchev–Trinajstić information content (AvgIpc) is 3.74. The molecule has 3 heterocycles. The highest BCUT2D eigenvalue weighted by atomic mass is 32.2. The number of hydrogen-bond donors (Lipinski definition) is 3. The molecule has 0 bridgehead atoms. The lowest BCUT2D eigenvalue weighted by atomic mass is 10.1. The number of carbonyl (C=O) groups is 3. The van der Waals surface area contributed by atoms with Gasteiger partial charge >= 0.3 is 5.97 Å². The van der Waals surface area contributed by atoms with Gasteiger partial charge in [-0.15, -0.1) is 11.3 Å². The van der Waals surface area contributed by atoms with Gasteiger partial charge < -0.3 is 20.5 Å². The second-order valence-electron chi connectivity index (χ2n) is 10.5. The first kappa shape index (κ1) is 35.3. The van der Waals surface area contributed by atoms with E-state index in [2.05, 4.69) is 20.7 Å². The van der Waals surface area contributed by atoms with E-state index in [0.29, 0.717) is 10.7 Å².